The Labute approximate surface area is 123 Å². The van der Waals surface area contributed by atoms with Gasteiger partial charge in [0.05, 0.1) is 20.8 Å². The maximum absolute atomic E-state index is 5.34. The summed E-state index contributed by atoms with van der Waals surface area (Å²) in [6, 6.07) is 5.58. The first-order valence-corrected chi connectivity index (χ1v) is 7.07. The molecular weight excluding hydrogens is 270 g/mol. The van der Waals surface area contributed by atoms with Crippen LogP contribution in [0.25, 0.3) is 11.4 Å². The summed E-state index contributed by atoms with van der Waals surface area (Å²) in [5, 5.41) is 4.05. The molecular formula is C15H19N3O3. The van der Waals surface area contributed by atoms with Crippen molar-refractivity contribution in [2.75, 3.05) is 27.3 Å². The van der Waals surface area contributed by atoms with E-state index in [1.807, 2.05) is 18.2 Å². The Bertz CT molecular complexity index is 606. The minimum Gasteiger partial charge on any atom is -0.493 e. The summed E-state index contributed by atoms with van der Waals surface area (Å²) in [6.07, 6.45) is 2.49. The van der Waals surface area contributed by atoms with E-state index in [-0.39, 0.29) is 0 Å². The van der Waals surface area contributed by atoms with Gasteiger partial charge in [0, 0.05) is 5.56 Å². The molecule has 0 N–H and O–H groups in total. The number of ether oxygens (including phenoxy) is 2. The number of methoxy groups -OCH3 is 2. The molecule has 2 heterocycles. The van der Waals surface area contributed by atoms with E-state index in [1.54, 1.807) is 14.2 Å². The predicted octanol–water partition coefficient (Wildman–Crippen LogP) is 2.35. The second kappa shape index (κ2) is 6.13. The van der Waals surface area contributed by atoms with Crippen molar-refractivity contribution >= 4 is 0 Å². The molecule has 2 aromatic rings. The fourth-order valence-electron chi connectivity index (χ4n) is 2.54. The van der Waals surface area contributed by atoms with Gasteiger partial charge in [-0.1, -0.05) is 5.16 Å². The van der Waals surface area contributed by atoms with Gasteiger partial charge in [0.2, 0.25) is 11.7 Å². The molecule has 1 saturated heterocycles. The van der Waals surface area contributed by atoms with Crippen LogP contribution < -0.4 is 9.47 Å². The molecule has 6 heteroatoms. The van der Waals surface area contributed by atoms with Crippen LogP contribution in [0.15, 0.2) is 22.7 Å². The van der Waals surface area contributed by atoms with Crippen LogP contribution in [0.5, 0.6) is 11.5 Å². The fourth-order valence-corrected chi connectivity index (χ4v) is 2.54. The first-order valence-electron chi connectivity index (χ1n) is 7.07. The Balaban J connectivity index is 1.78. The van der Waals surface area contributed by atoms with Gasteiger partial charge in [-0.3, -0.25) is 4.90 Å². The van der Waals surface area contributed by atoms with Crippen LogP contribution >= 0.6 is 0 Å². The second-order valence-corrected chi connectivity index (χ2v) is 5.06. The Morgan fingerprint density at radius 1 is 1.14 bits per heavy atom. The molecule has 0 radical (unpaired) electrons. The van der Waals surface area contributed by atoms with Gasteiger partial charge < -0.3 is 14.0 Å². The smallest absolute Gasteiger partial charge is 0.241 e. The van der Waals surface area contributed by atoms with E-state index in [4.69, 9.17) is 14.0 Å². The average molecular weight is 289 g/mol. The highest BCUT2D eigenvalue weighted by molar-refractivity contribution is 5.60. The van der Waals surface area contributed by atoms with Crippen molar-refractivity contribution < 1.29 is 14.0 Å². The van der Waals surface area contributed by atoms with E-state index in [0.717, 1.165) is 25.2 Å². The van der Waals surface area contributed by atoms with Crippen LogP contribution in [0.3, 0.4) is 0 Å². The SMILES string of the molecule is COc1ccc(-c2noc(CN3CCCC3)n2)cc1OC. The van der Waals surface area contributed by atoms with Crippen LogP contribution in [-0.4, -0.2) is 42.3 Å². The number of likely N-dealkylation sites (tertiary alicyclic amines) is 1. The van der Waals surface area contributed by atoms with Crippen molar-refractivity contribution in [3.8, 4) is 22.9 Å². The molecule has 0 aliphatic carbocycles. The number of benzene rings is 1. The van der Waals surface area contributed by atoms with Crippen LogP contribution in [0, 0.1) is 0 Å². The highest BCUT2D eigenvalue weighted by atomic mass is 16.5. The zero-order chi connectivity index (χ0) is 14.7. The molecule has 1 fully saturated rings. The summed E-state index contributed by atoms with van der Waals surface area (Å²) in [7, 11) is 3.22. The van der Waals surface area contributed by atoms with E-state index in [0.29, 0.717) is 23.2 Å². The summed E-state index contributed by atoms with van der Waals surface area (Å²) in [6.45, 7) is 2.93. The van der Waals surface area contributed by atoms with Crippen molar-refractivity contribution in [3.05, 3.63) is 24.1 Å². The maximum atomic E-state index is 5.34. The largest absolute Gasteiger partial charge is 0.493 e. The summed E-state index contributed by atoms with van der Waals surface area (Å²) >= 11 is 0. The van der Waals surface area contributed by atoms with Crippen LogP contribution in [0.1, 0.15) is 18.7 Å². The van der Waals surface area contributed by atoms with Crippen molar-refractivity contribution in [2.45, 2.75) is 19.4 Å². The van der Waals surface area contributed by atoms with Gasteiger partial charge in [0.15, 0.2) is 11.5 Å². The molecule has 0 spiro atoms. The molecule has 0 bridgehead atoms. The molecule has 21 heavy (non-hydrogen) atoms. The van der Waals surface area contributed by atoms with Crippen LogP contribution in [0.2, 0.25) is 0 Å². The maximum Gasteiger partial charge on any atom is 0.241 e. The molecule has 1 aliphatic heterocycles. The lowest BCUT2D eigenvalue weighted by atomic mass is 10.2. The monoisotopic (exact) mass is 289 g/mol. The summed E-state index contributed by atoms with van der Waals surface area (Å²) in [5.41, 5.74) is 0.851. The zero-order valence-electron chi connectivity index (χ0n) is 12.3. The lowest BCUT2D eigenvalue weighted by Gasteiger charge is -2.10. The number of rotatable bonds is 5. The Hall–Kier alpha value is -2.08. The van der Waals surface area contributed by atoms with Crippen LogP contribution in [-0.2, 0) is 6.54 Å². The van der Waals surface area contributed by atoms with Gasteiger partial charge in [0.1, 0.15) is 0 Å². The molecule has 0 amide bonds. The van der Waals surface area contributed by atoms with Gasteiger partial charge in [0.25, 0.3) is 0 Å². The predicted molar refractivity (Wildman–Crippen MR) is 77.3 cm³/mol. The molecule has 0 unspecified atom stereocenters. The third-order valence-corrected chi connectivity index (χ3v) is 3.67. The molecule has 1 aromatic heterocycles. The number of aromatic nitrogens is 2. The first-order chi connectivity index (χ1) is 10.3. The van der Waals surface area contributed by atoms with E-state index in [1.165, 1.54) is 12.8 Å². The Morgan fingerprint density at radius 3 is 2.62 bits per heavy atom. The van der Waals surface area contributed by atoms with E-state index < -0.39 is 0 Å². The molecule has 6 nitrogen and oxygen atoms in total. The first kappa shape index (κ1) is 13.9. The summed E-state index contributed by atoms with van der Waals surface area (Å²) in [4.78, 5) is 6.78. The Kier molecular flexibility index (Phi) is 4.06. The quantitative estimate of drug-likeness (QED) is 0.842. The highest BCUT2D eigenvalue weighted by Crippen LogP contribution is 2.31. The molecule has 112 valence electrons. The molecule has 1 aliphatic rings. The van der Waals surface area contributed by atoms with Gasteiger partial charge in [-0.05, 0) is 44.1 Å². The second-order valence-electron chi connectivity index (χ2n) is 5.06. The normalized spacial score (nSPS) is 15.3. The van der Waals surface area contributed by atoms with Crippen molar-refractivity contribution in [3.63, 3.8) is 0 Å². The van der Waals surface area contributed by atoms with Crippen molar-refractivity contribution in [1.82, 2.24) is 15.0 Å². The molecule has 0 saturated carbocycles. The van der Waals surface area contributed by atoms with Gasteiger partial charge in [-0.15, -0.1) is 0 Å². The number of hydrogen-bond acceptors (Lipinski definition) is 6. The highest BCUT2D eigenvalue weighted by Gasteiger charge is 2.17. The van der Waals surface area contributed by atoms with Crippen molar-refractivity contribution in [1.29, 1.82) is 0 Å². The minimum atomic E-state index is 0.574. The van der Waals surface area contributed by atoms with E-state index in [9.17, 15) is 0 Å². The number of nitrogens with zero attached hydrogens (tertiary/aromatic N) is 3. The van der Waals surface area contributed by atoms with Crippen molar-refractivity contribution in [2.24, 2.45) is 0 Å². The number of hydrogen-bond donors (Lipinski definition) is 0. The third kappa shape index (κ3) is 3.00. The lowest BCUT2D eigenvalue weighted by Crippen LogP contribution is -2.18. The van der Waals surface area contributed by atoms with Crippen LogP contribution in [0.4, 0.5) is 0 Å². The van der Waals surface area contributed by atoms with Gasteiger partial charge in [-0.25, -0.2) is 0 Å². The van der Waals surface area contributed by atoms with E-state index >= 15 is 0 Å². The summed E-state index contributed by atoms with van der Waals surface area (Å²) < 4.78 is 15.9. The molecule has 0 atom stereocenters. The van der Waals surface area contributed by atoms with E-state index in [2.05, 4.69) is 15.0 Å². The molecule has 3 rings (SSSR count). The van der Waals surface area contributed by atoms with Gasteiger partial charge in [-0.2, -0.15) is 4.98 Å². The average Bonchev–Trinajstić information content (AvgIpc) is 3.19. The standard InChI is InChI=1S/C15H19N3O3/c1-19-12-6-5-11(9-13(12)20-2)15-16-14(21-17-15)10-18-7-3-4-8-18/h5-6,9H,3-4,7-8,10H2,1-2H3. The summed E-state index contributed by atoms with van der Waals surface area (Å²) in [5.74, 6) is 2.56. The third-order valence-electron chi connectivity index (χ3n) is 3.67. The van der Waals surface area contributed by atoms with Gasteiger partial charge >= 0.3 is 0 Å². The molecule has 1 aromatic carbocycles. The zero-order valence-corrected chi connectivity index (χ0v) is 12.3. The Morgan fingerprint density at radius 2 is 1.90 bits per heavy atom. The fraction of sp³-hybridized carbons (Fsp3) is 0.467. The minimum absolute atomic E-state index is 0.574. The lowest BCUT2D eigenvalue weighted by molar-refractivity contribution is 0.268. The topological polar surface area (TPSA) is 60.6 Å².